The minimum absolute atomic E-state index is 0.186. The number of nitrogens with one attached hydrogen (secondary N) is 1. The van der Waals surface area contributed by atoms with Gasteiger partial charge in [0.05, 0.1) is 11.4 Å². The van der Waals surface area contributed by atoms with Gasteiger partial charge >= 0.3 is 0 Å². The smallest absolute Gasteiger partial charge is 0.151 e. The molecule has 2 aromatic rings. The average molecular weight is 286 g/mol. The summed E-state index contributed by atoms with van der Waals surface area (Å²) in [7, 11) is 0. The summed E-state index contributed by atoms with van der Waals surface area (Å²) in [6.45, 7) is 0. The zero-order chi connectivity index (χ0) is 14.7. The molecule has 0 aromatic heterocycles. The standard InChI is InChI=1S/C17H16F2N2/c18-13-9-10-17(15(19)11-13)21-20-16-8-4-2-6-12-5-1-3-7-14(12)16/h1,3,5,7,9-11,21H,2,4,6,8H2/b20-16+. The van der Waals surface area contributed by atoms with E-state index >= 15 is 0 Å². The Morgan fingerprint density at radius 1 is 0.952 bits per heavy atom. The lowest BCUT2D eigenvalue weighted by molar-refractivity contribution is 0.585. The highest BCUT2D eigenvalue weighted by Gasteiger charge is 2.13. The number of hydrogen-bond donors (Lipinski definition) is 1. The molecule has 2 nitrogen and oxygen atoms in total. The fourth-order valence-corrected chi connectivity index (χ4v) is 2.59. The highest BCUT2D eigenvalue weighted by molar-refractivity contribution is 6.02. The minimum Gasteiger partial charge on any atom is -0.275 e. The van der Waals surface area contributed by atoms with Gasteiger partial charge in [-0.15, -0.1) is 0 Å². The number of hydrazone groups is 1. The zero-order valence-corrected chi connectivity index (χ0v) is 11.6. The molecule has 0 fully saturated rings. The minimum atomic E-state index is -0.638. The Bertz CT molecular complexity index is 680. The van der Waals surface area contributed by atoms with Gasteiger partial charge in [0, 0.05) is 11.6 Å². The summed E-state index contributed by atoms with van der Waals surface area (Å²) in [5.74, 6) is -1.23. The first-order chi connectivity index (χ1) is 10.2. The van der Waals surface area contributed by atoms with Gasteiger partial charge in [-0.2, -0.15) is 5.10 Å². The third kappa shape index (κ3) is 3.10. The zero-order valence-electron chi connectivity index (χ0n) is 11.6. The van der Waals surface area contributed by atoms with E-state index in [0.717, 1.165) is 43.0 Å². The third-order valence-electron chi connectivity index (χ3n) is 3.68. The number of anilines is 1. The predicted octanol–water partition coefficient (Wildman–Crippen LogP) is 4.51. The second kappa shape index (κ2) is 6.04. The van der Waals surface area contributed by atoms with Gasteiger partial charge in [-0.1, -0.05) is 24.3 Å². The predicted molar refractivity (Wildman–Crippen MR) is 80.5 cm³/mol. The second-order valence-electron chi connectivity index (χ2n) is 5.16. The van der Waals surface area contributed by atoms with E-state index in [9.17, 15) is 8.78 Å². The van der Waals surface area contributed by atoms with Gasteiger partial charge < -0.3 is 0 Å². The highest BCUT2D eigenvalue weighted by Crippen LogP contribution is 2.22. The number of rotatable bonds is 2. The van der Waals surface area contributed by atoms with Gasteiger partial charge in [0.25, 0.3) is 0 Å². The molecule has 0 saturated carbocycles. The van der Waals surface area contributed by atoms with Crippen molar-refractivity contribution >= 4 is 11.4 Å². The molecule has 0 unspecified atom stereocenters. The normalized spacial score (nSPS) is 16.4. The van der Waals surface area contributed by atoms with Crippen LogP contribution in [0.4, 0.5) is 14.5 Å². The Kier molecular flexibility index (Phi) is 3.95. The molecule has 0 amide bonds. The molecule has 0 radical (unpaired) electrons. The number of nitrogens with zero attached hydrogens (tertiary/aromatic N) is 1. The molecule has 2 aromatic carbocycles. The van der Waals surface area contributed by atoms with Gasteiger partial charge in [-0.25, -0.2) is 8.78 Å². The van der Waals surface area contributed by atoms with Crippen LogP contribution in [0.15, 0.2) is 47.6 Å². The quantitative estimate of drug-likeness (QED) is 0.637. The first kappa shape index (κ1) is 13.7. The van der Waals surface area contributed by atoms with E-state index in [1.807, 2.05) is 18.2 Å². The third-order valence-corrected chi connectivity index (χ3v) is 3.68. The summed E-state index contributed by atoms with van der Waals surface area (Å²) >= 11 is 0. The lowest BCUT2D eigenvalue weighted by atomic mass is 10.0. The Hall–Kier alpha value is -2.23. The largest absolute Gasteiger partial charge is 0.275 e. The molecule has 0 bridgehead atoms. The van der Waals surface area contributed by atoms with Gasteiger partial charge in [-0.3, -0.25) is 5.43 Å². The van der Waals surface area contributed by atoms with E-state index in [4.69, 9.17) is 0 Å². The van der Waals surface area contributed by atoms with Crippen molar-refractivity contribution in [1.82, 2.24) is 0 Å². The molecule has 0 heterocycles. The van der Waals surface area contributed by atoms with Crippen molar-refractivity contribution in [3.05, 3.63) is 65.2 Å². The number of benzene rings is 2. The van der Waals surface area contributed by atoms with E-state index in [2.05, 4.69) is 16.6 Å². The molecule has 1 N–H and O–H groups in total. The molecule has 1 aliphatic carbocycles. The molecule has 3 rings (SSSR count). The topological polar surface area (TPSA) is 24.4 Å². The summed E-state index contributed by atoms with van der Waals surface area (Å²) in [5, 5.41) is 4.35. The highest BCUT2D eigenvalue weighted by atomic mass is 19.1. The van der Waals surface area contributed by atoms with Gasteiger partial charge in [-0.05, 0) is 43.4 Å². The van der Waals surface area contributed by atoms with Crippen LogP contribution in [0.2, 0.25) is 0 Å². The molecule has 0 aliphatic heterocycles. The molecule has 0 saturated heterocycles. The van der Waals surface area contributed by atoms with E-state index in [1.165, 1.54) is 17.7 Å². The lowest BCUT2D eigenvalue weighted by Gasteiger charge is -2.09. The maximum atomic E-state index is 13.6. The first-order valence-corrected chi connectivity index (χ1v) is 7.10. The SMILES string of the molecule is Fc1ccc(N/N=C2\CCCCc3ccccc32)c(F)c1. The molecule has 1 aliphatic rings. The number of hydrogen-bond acceptors (Lipinski definition) is 2. The van der Waals surface area contributed by atoms with Crippen LogP contribution in [0.5, 0.6) is 0 Å². The summed E-state index contributed by atoms with van der Waals surface area (Å²) < 4.78 is 26.5. The van der Waals surface area contributed by atoms with Crippen LogP contribution in [-0.2, 0) is 6.42 Å². The fourth-order valence-electron chi connectivity index (χ4n) is 2.59. The van der Waals surface area contributed by atoms with Crippen molar-refractivity contribution in [2.45, 2.75) is 25.7 Å². The van der Waals surface area contributed by atoms with Crippen molar-refractivity contribution in [2.75, 3.05) is 5.43 Å². The van der Waals surface area contributed by atoms with Crippen molar-refractivity contribution in [1.29, 1.82) is 0 Å². The maximum Gasteiger partial charge on any atom is 0.151 e. The summed E-state index contributed by atoms with van der Waals surface area (Å²) in [4.78, 5) is 0. The van der Waals surface area contributed by atoms with Crippen LogP contribution >= 0.6 is 0 Å². The molecule has 0 atom stereocenters. The fraction of sp³-hybridized carbons (Fsp3) is 0.235. The van der Waals surface area contributed by atoms with Gasteiger partial charge in [0.1, 0.15) is 5.82 Å². The summed E-state index contributed by atoms with van der Waals surface area (Å²) in [6.07, 6.45) is 4.08. The van der Waals surface area contributed by atoms with Crippen LogP contribution in [-0.4, -0.2) is 5.71 Å². The Balaban J connectivity index is 1.89. The Labute approximate surface area is 122 Å². The maximum absolute atomic E-state index is 13.6. The molecule has 4 heteroatoms. The van der Waals surface area contributed by atoms with Crippen molar-refractivity contribution in [3.63, 3.8) is 0 Å². The number of fused-ring (bicyclic) bond motifs is 1. The number of aryl methyl sites for hydroxylation is 1. The Morgan fingerprint density at radius 2 is 1.76 bits per heavy atom. The van der Waals surface area contributed by atoms with E-state index in [-0.39, 0.29) is 5.69 Å². The average Bonchev–Trinajstić information content (AvgIpc) is 2.69. The van der Waals surface area contributed by atoms with Crippen LogP contribution in [0.1, 0.15) is 30.4 Å². The molecule has 108 valence electrons. The summed E-state index contributed by atoms with van der Waals surface area (Å²) in [6, 6.07) is 11.6. The van der Waals surface area contributed by atoms with Crippen LogP contribution in [0.3, 0.4) is 0 Å². The molecule has 21 heavy (non-hydrogen) atoms. The molecule has 0 spiro atoms. The number of halogens is 2. The Morgan fingerprint density at radius 3 is 2.62 bits per heavy atom. The van der Waals surface area contributed by atoms with Crippen LogP contribution < -0.4 is 5.43 Å². The first-order valence-electron chi connectivity index (χ1n) is 7.10. The van der Waals surface area contributed by atoms with Crippen molar-refractivity contribution in [3.8, 4) is 0 Å². The van der Waals surface area contributed by atoms with Crippen LogP contribution in [0, 0.1) is 11.6 Å². The van der Waals surface area contributed by atoms with E-state index < -0.39 is 11.6 Å². The van der Waals surface area contributed by atoms with Crippen LogP contribution in [0.25, 0.3) is 0 Å². The summed E-state index contributed by atoms with van der Waals surface area (Å²) in [5.41, 5.74) is 6.22. The lowest BCUT2D eigenvalue weighted by Crippen LogP contribution is -2.06. The van der Waals surface area contributed by atoms with E-state index in [0.29, 0.717) is 0 Å². The second-order valence-corrected chi connectivity index (χ2v) is 5.16. The molecular weight excluding hydrogens is 270 g/mol. The van der Waals surface area contributed by atoms with E-state index in [1.54, 1.807) is 0 Å². The molecular formula is C17H16F2N2. The monoisotopic (exact) mass is 286 g/mol. The van der Waals surface area contributed by atoms with Gasteiger partial charge in [0.15, 0.2) is 5.82 Å². The van der Waals surface area contributed by atoms with Crippen molar-refractivity contribution < 1.29 is 8.78 Å². The van der Waals surface area contributed by atoms with Gasteiger partial charge in [0.2, 0.25) is 0 Å². The van der Waals surface area contributed by atoms with Crippen molar-refractivity contribution in [2.24, 2.45) is 5.10 Å².